The summed E-state index contributed by atoms with van der Waals surface area (Å²) in [4.78, 5) is 19.3. The van der Waals surface area contributed by atoms with Crippen molar-refractivity contribution >= 4 is 0 Å². The maximum absolute atomic E-state index is 12.2. The van der Waals surface area contributed by atoms with Gasteiger partial charge in [-0.3, -0.25) is 9.36 Å². The molecule has 1 aromatic rings. The van der Waals surface area contributed by atoms with Crippen LogP contribution in [-0.2, 0) is 11.3 Å². The van der Waals surface area contributed by atoms with Crippen LogP contribution in [0.4, 0.5) is 0 Å². The van der Waals surface area contributed by atoms with Crippen molar-refractivity contribution in [2.75, 3.05) is 32.8 Å². The molecule has 1 saturated carbocycles. The van der Waals surface area contributed by atoms with Crippen LogP contribution in [0.2, 0.25) is 0 Å². The van der Waals surface area contributed by atoms with Crippen LogP contribution in [0, 0.1) is 11.8 Å². The fourth-order valence-corrected chi connectivity index (χ4v) is 3.90. The Morgan fingerprint density at radius 3 is 2.57 bits per heavy atom. The predicted octanol–water partition coefficient (Wildman–Crippen LogP) is 1.87. The molecule has 23 heavy (non-hydrogen) atoms. The van der Waals surface area contributed by atoms with Gasteiger partial charge >= 0.3 is 0 Å². The van der Waals surface area contributed by atoms with Crippen LogP contribution in [0.5, 0.6) is 0 Å². The summed E-state index contributed by atoms with van der Waals surface area (Å²) in [6, 6.07) is 1.76. The van der Waals surface area contributed by atoms with Crippen LogP contribution in [-0.4, -0.2) is 47.3 Å². The maximum atomic E-state index is 12.2. The molecular weight excluding hydrogens is 290 g/mol. The zero-order valence-corrected chi connectivity index (χ0v) is 13.8. The summed E-state index contributed by atoms with van der Waals surface area (Å²) in [7, 11) is 0. The molecule has 0 spiro atoms. The molecule has 0 N–H and O–H groups in total. The average Bonchev–Trinajstić information content (AvgIpc) is 3.29. The number of nitrogens with zero attached hydrogens (tertiary/aromatic N) is 3. The second-order valence-electron chi connectivity index (χ2n) is 7.55. The molecule has 3 aliphatic rings. The van der Waals surface area contributed by atoms with E-state index in [1.165, 1.54) is 38.6 Å². The van der Waals surface area contributed by atoms with E-state index in [-0.39, 0.29) is 5.56 Å². The molecule has 0 amide bonds. The molecule has 0 aromatic carbocycles. The molecule has 5 heteroatoms. The molecule has 1 aliphatic carbocycles. The summed E-state index contributed by atoms with van der Waals surface area (Å²) in [6.45, 7) is 6.21. The molecule has 1 atom stereocenters. The van der Waals surface area contributed by atoms with E-state index < -0.39 is 0 Å². The quantitative estimate of drug-likeness (QED) is 0.832. The lowest BCUT2D eigenvalue weighted by molar-refractivity contribution is 0.135. The first-order valence-electron chi connectivity index (χ1n) is 9.14. The van der Waals surface area contributed by atoms with Crippen molar-refractivity contribution in [1.29, 1.82) is 0 Å². The van der Waals surface area contributed by atoms with Gasteiger partial charge in [0.05, 0.1) is 18.6 Å². The number of hydrogen-bond donors (Lipinski definition) is 0. The second kappa shape index (κ2) is 6.73. The number of hydrogen-bond acceptors (Lipinski definition) is 4. The largest absolute Gasteiger partial charge is 0.381 e. The number of rotatable bonds is 5. The second-order valence-corrected chi connectivity index (χ2v) is 7.55. The zero-order valence-electron chi connectivity index (χ0n) is 13.8. The van der Waals surface area contributed by atoms with Gasteiger partial charge in [0.1, 0.15) is 0 Å². The van der Waals surface area contributed by atoms with Gasteiger partial charge in [-0.1, -0.05) is 0 Å². The lowest BCUT2D eigenvalue weighted by atomic mass is 9.95. The molecule has 4 rings (SSSR count). The highest BCUT2D eigenvalue weighted by Crippen LogP contribution is 2.38. The topological polar surface area (TPSA) is 47.4 Å². The van der Waals surface area contributed by atoms with E-state index in [1.54, 1.807) is 12.4 Å². The van der Waals surface area contributed by atoms with Crippen molar-refractivity contribution in [2.45, 2.75) is 44.6 Å². The smallest absolute Gasteiger partial charge is 0.253 e. The minimum absolute atomic E-state index is 0.132. The number of ether oxygens (including phenoxy) is 1. The highest BCUT2D eigenvalue weighted by atomic mass is 16.5. The summed E-state index contributed by atoms with van der Waals surface area (Å²) >= 11 is 0. The first kappa shape index (κ1) is 15.3. The van der Waals surface area contributed by atoms with Gasteiger partial charge in [0, 0.05) is 31.7 Å². The van der Waals surface area contributed by atoms with E-state index in [0.717, 1.165) is 44.5 Å². The SMILES string of the molecule is O=c1cc(C2CC2)ncn1CC1CCN(CC2CCOC2)CC1. The van der Waals surface area contributed by atoms with Gasteiger partial charge in [-0.15, -0.1) is 0 Å². The maximum Gasteiger partial charge on any atom is 0.253 e. The van der Waals surface area contributed by atoms with Crippen LogP contribution >= 0.6 is 0 Å². The minimum atomic E-state index is 0.132. The first-order chi connectivity index (χ1) is 11.3. The fourth-order valence-electron chi connectivity index (χ4n) is 3.90. The number of likely N-dealkylation sites (tertiary alicyclic amines) is 1. The van der Waals surface area contributed by atoms with E-state index in [1.807, 2.05) is 4.57 Å². The molecule has 3 fully saturated rings. The molecule has 1 aromatic heterocycles. The Balaban J connectivity index is 1.28. The number of piperidine rings is 1. The van der Waals surface area contributed by atoms with E-state index in [2.05, 4.69) is 9.88 Å². The average molecular weight is 317 g/mol. The molecule has 5 nitrogen and oxygen atoms in total. The Morgan fingerprint density at radius 2 is 1.91 bits per heavy atom. The standard InChI is InChI=1S/C18H27N3O2/c22-18-9-17(16-1-2-16)19-13-21(18)11-14-3-6-20(7-4-14)10-15-5-8-23-12-15/h9,13-16H,1-8,10-12H2. The van der Waals surface area contributed by atoms with Crippen molar-refractivity contribution in [3.63, 3.8) is 0 Å². The van der Waals surface area contributed by atoms with Gasteiger partial charge in [-0.2, -0.15) is 0 Å². The summed E-state index contributed by atoms with van der Waals surface area (Å²) in [6.07, 6.45) is 7.75. The van der Waals surface area contributed by atoms with E-state index >= 15 is 0 Å². The van der Waals surface area contributed by atoms with Crippen molar-refractivity contribution in [3.8, 4) is 0 Å². The van der Waals surface area contributed by atoms with Gasteiger partial charge in [-0.25, -0.2) is 4.98 Å². The van der Waals surface area contributed by atoms with Gasteiger partial charge in [-0.05, 0) is 57.0 Å². The molecule has 2 saturated heterocycles. The molecule has 3 heterocycles. The van der Waals surface area contributed by atoms with Crippen molar-refractivity contribution in [2.24, 2.45) is 11.8 Å². The van der Waals surface area contributed by atoms with Crippen molar-refractivity contribution < 1.29 is 4.74 Å². The van der Waals surface area contributed by atoms with E-state index in [0.29, 0.717) is 11.8 Å². The molecule has 0 bridgehead atoms. The normalized spacial score (nSPS) is 26.7. The van der Waals surface area contributed by atoms with Gasteiger partial charge < -0.3 is 9.64 Å². The van der Waals surface area contributed by atoms with Crippen LogP contribution in [0.25, 0.3) is 0 Å². The van der Waals surface area contributed by atoms with Crippen molar-refractivity contribution in [3.05, 3.63) is 28.4 Å². The van der Waals surface area contributed by atoms with Crippen molar-refractivity contribution in [1.82, 2.24) is 14.5 Å². The predicted molar refractivity (Wildman–Crippen MR) is 88.6 cm³/mol. The minimum Gasteiger partial charge on any atom is -0.381 e. The Morgan fingerprint density at radius 1 is 1.09 bits per heavy atom. The van der Waals surface area contributed by atoms with Crippen LogP contribution in [0.3, 0.4) is 0 Å². The Hall–Kier alpha value is -1.20. The third-order valence-electron chi connectivity index (χ3n) is 5.60. The van der Waals surface area contributed by atoms with E-state index in [9.17, 15) is 4.79 Å². The number of aromatic nitrogens is 2. The molecule has 126 valence electrons. The zero-order chi connectivity index (χ0) is 15.6. The molecule has 1 unspecified atom stereocenters. The Labute approximate surface area is 137 Å². The third kappa shape index (κ3) is 3.83. The molecule has 2 aliphatic heterocycles. The summed E-state index contributed by atoms with van der Waals surface area (Å²) in [5.74, 6) is 1.89. The highest BCUT2D eigenvalue weighted by molar-refractivity contribution is 5.12. The molecular formula is C18H27N3O2. The Kier molecular flexibility index (Phi) is 4.49. The fraction of sp³-hybridized carbons (Fsp3) is 0.778. The van der Waals surface area contributed by atoms with Crippen LogP contribution in [0.15, 0.2) is 17.2 Å². The van der Waals surface area contributed by atoms with E-state index in [4.69, 9.17) is 4.74 Å². The monoisotopic (exact) mass is 317 g/mol. The summed E-state index contributed by atoms with van der Waals surface area (Å²) in [5, 5.41) is 0. The van der Waals surface area contributed by atoms with Crippen LogP contribution < -0.4 is 5.56 Å². The first-order valence-corrected chi connectivity index (χ1v) is 9.14. The third-order valence-corrected chi connectivity index (χ3v) is 5.60. The van der Waals surface area contributed by atoms with Gasteiger partial charge in [0.25, 0.3) is 5.56 Å². The van der Waals surface area contributed by atoms with Gasteiger partial charge in [0.15, 0.2) is 0 Å². The summed E-state index contributed by atoms with van der Waals surface area (Å²) in [5.41, 5.74) is 1.13. The highest BCUT2D eigenvalue weighted by Gasteiger charge is 2.26. The summed E-state index contributed by atoms with van der Waals surface area (Å²) < 4.78 is 7.29. The van der Waals surface area contributed by atoms with Gasteiger partial charge in [0.2, 0.25) is 0 Å². The van der Waals surface area contributed by atoms with Crippen LogP contribution in [0.1, 0.15) is 43.7 Å². The molecule has 0 radical (unpaired) electrons. The lowest BCUT2D eigenvalue weighted by Gasteiger charge is -2.33. The lowest BCUT2D eigenvalue weighted by Crippen LogP contribution is -2.39. The Bertz CT molecular complexity index is 582.